The number of aryl methyl sites for hydroxylation is 1. The van der Waals surface area contributed by atoms with Gasteiger partial charge in [-0.15, -0.1) is 11.6 Å². The fraction of sp³-hybridized carbons (Fsp3) is 0.267. The van der Waals surface area contributed by atoms with Gasteiger partial charge in [-0.2, -0.15) is 0 Å². The Hall–Kier alpha value is -1.74. The van der Waals surface area contributed by atoms with Gasteiger partial charge in [0.1, 0.15) is 11.6 Å². The van der Waals surface area contributed by atoms with Crippen molar-refractivity contribution in [2.75, 3.05) is 5.88 Å². The first-order valence-electron chi connectivity index (χ1n) is 6.11. The Bertz CT molecular complexity index is 537. The lowest BCUT2D eigenvalue weighted by molar-refractivity contribution is -0.130. The van der Waals surface area contributed by atoms with E-state index in [4.69, 9.17) is 16.0 Å². The molecule has 0 radical (unpaired) electrons. The highest BCUT2D eigenvalue weighted by Crippen LogP contribution is 2.14. The molecule has 2 aromatic rings. The van der Waals surface area contributed by atoms with Crippen LogP contribution in [-0.4, -0.2) is 16.7 Å². The second-order valence-corrected chi connectivity index (χ2v) is 4.66. The number of rotatable bonds is 5. The van der Waals surface area contributed by atoms with Crippen molar-refractivity contribution in [2.24, 2.45) is 0 Å². The number of carbonyl (C=O) groups is 1. The van der Waals surface area contributed by atoms with E-state index in [1.165, 1.54) is 0 Å². The van der Waals surface area contributed by atoms with Crippen LogP contribution >= 0.6 is 11.6 Å². The Kier molecular flexibility index (Phi) is 4.63. The lowest BCUT2D eigenvalue weighted by Gasteiger charge is -2.21. The molecule has 0 aliphatic rings. The summed E-state index contributed by atoms with van der Waals surface area (Å²) in [6.45, 7) is 3.01. The van der Waals surface area contributed by atoms with Crippen molar-refractivity contribution in [1.82, 2.24) is 4.90 Å². The number of halogens is 1. The highest BCUT2D eigenvalue weighted by atomic mass is 35.5. The summed E-state index contributed by atoms with van der Waals surface area (Å²) in [4.78, 5) is 13.6. The molecule has 4 heteroatoms. The number of benzene rings is 1. The van der Waals surface area contributed by atoms with Gasteiger partial charge in [-0.3, -0.25) is 4.79 Å². The summed E-state index contributed by atoms with van der Waals surface area (Å²) in [5.74, 6) is 0.639. The number of alkyl halides is 1. The third kappa shape index (κ3) is 3.61. The molecule has 0 fully saturated rings. The Morgan fingerprint density at radius 3 is 2.63 bits per heavy atom. The standard InChI is InChI=1S/C15H16ClNO2/c1-12-5-2-3-6-13(12)10-17(15(18)9-16)11-14-7-4-8-19-14/h2-8H,9-11H2,1H3. The van der Waals surface area contributed by atoms with E-state index >= 15 is 0 Å². The first-order chi connectivity index (χ1) is 9.20. The molecule has 19 heavy (non-hydrogen) atoms. The van der Waals surface area contributed by atoms with Crippen molar-refractivity contribution in [1.29, 1.82) is 0 Å². The van der Waals surface area contributed by atoms with Crippen molar-refractivity contribution in [3.8, 4) is 0 Å². The number of amides is 1. The monoisotopic (exact) mass is 277 g/mol. The molecule has 1 aromatic heterocycles. The average Bonchev–Trinajstić information content (AvgIpc) is 2.92. The second-order valence-electron chi connectivity index (χ2n) is 4.39. The smallest absolute Gasteiger partial charge is 0.238 e. The van der Waals surface area contributed by atoms with E-state index in [0.717, 1.165) is 16.9 Å². The molecular weight excluding hydrogens is 262 g/mol. The average molecular weight is 278 g/mol. The number of nitrogens with zero attached hydrogens (tertiary/aromatic N) is 1. The minimum atomic E-state index is -0.0960. The Balaban J connectivity index is 2.14. The van der Waals surface area contributed by atoms with Crippen molar-refractivity contribution in [3.05, 3.63) is 59.5 Å². The zero-order chi connectivity index (χ0) is 13.7. The van der Waals surface area contributed by atoms with Crippen molar-refractivity contribution < 1.29 is 9.21 Å². The summed E-state index contributed by atoms with van der Waals surface area (Å²) in [6, 6.07) is 11.7. The summed E-state index contributed by atoms with van der Waals surface area (Å²) in [5, 5.41) is 0. The molecule has 1 heterocycles. The van der Waals surface area contributed by atoms with Crippen LogP contribution in [0.4, 0.5) is 0 Å². The van der Waals surface area contributed by atoms with Gasteiger partial charge in [0.25, 0.3) is 0 Å². The van der Waals surface area contributed by atoms with Crippen LogP contribution < -0.4 is 0 Å². The topological polar surface area (TPSA) is 33.5 Å². The van der Waals surface area contributed by atoms with Gasteiger partial charge in [0, 0.05) is 6.54 Å². The van der Waals surface area contributed by atoms with Crippen LogP contribution in [-0.2, 0) is 17.9 Å². The van der Waals surface area contributed by atoms with Crippen LogP contribution in [0.1, 0.15) is 16.9 Å². The number of hydrogen-bond acceptors (Lipinski definition) is 2. The minimum absolute atomic E-state index is 0.0212. The Morgan fingerprint density at radius 2 is 2.00 bits per heavy atom. The van der Waals surface area contributed by atoms with Crippen LogP contribution in [0.15, 0.2) is 47.1 Å². The third-order valence-electron chi connectivity index (χ3n) is 3.02. The molecule has 0 N–H and O–H groups in total. The van der Waals surface area contributed by atoms with Crippen LogP contribution in [0.5, 0.6) is 0 Å². The second kappa shape index (κ2) is 6.43. The van der Waals surface area contributed by atoms with Gasteiger partial charge in [-0.1, -0.05) is 24.3 Å². The molecule has 0 aliphatic heterocycles. The van der Waals surface area contributed by atoms with Crippen molar-refractivity contribution in [2.45, 2.75) is 20.0 Å². The fourth-order valence-electron chi connectivity index (χ4n) is 1.90. The predicted molar refractivity (Wildman–Crippen MR) is 74.9 cm³/mol. The maximum Gasteiger partial charge on any atom is 0.238 e. The first kappa shape index (κ1) is 13.7. The van der Waals surface area contributed by atoms with E-state index in [1.807, 2.05) is 43.3 Å². The van der Waals surface area contributed by atoms with Crippen LogP contribution in [0, 0.1) is 6.92 Å². The van der Waals surface area contributed by atoms with Crippen molar-refractivity contribution >= 4 is 17.5 Å². The van der Waals surface area contributed by atoms with E-state index in [9.17, 15) is 4.79 Å². The highest BCUT2D eigenvalue weighted by Gasteiger charge is 2.15. The zero-order valence-corrected chi connectivity index (χ0v) is 11.6. The molecule has 0 unspecified atom stereocenters. The number of furan rings is 1. The van der Waals surface area contributed by atoms with Gasteiger partial charge >= 0.3 is 0 Å². The molecule has 0 atom stereocenters. The van der Waals surface area contributed by atoms with E-state index in [2.05, 4.69) is 0 Å². The molecule has 100 valence electrons. The van der Waals surface area contributed by atoms with E-state index in [-0.39, 0.29) is 11.8 Å². The summed E-state index contributed by atoms with van der Waals surface area (Å²) in [5.41, 5.74) is 2.28. The first-order valence-corrected chi connectivity index (χ1v) is 6.65. The molecule has 0 spiro atoms. The summed E-state index contributed by atoms with van der Waals surface area (Å²) in [7, 11) is 0. The van der Waals surface area contributed by atoms with Gasteiger partial charge < -0.3 is 9.32 Å². The van der Waals surface area contributed by atoms with Crippen molar-refractivity contribution in [3.63, 3.8) is 0 Å². The number of hydrogen-bond donors (Lipinski definition) is 0. The van der Waals surface area contributed by atoms with Crippen LogP contribution in [0.25, 0.3) is 0 Å². The van der Waals surface area contributed by atoms with Crippen LogP contribution in [0.2, 0.25) is 0 Å². The molecule has 2 rings (SSSR count). The maximum absolute atomic E-state index is 11.9. The van der Waals surface area contributed by atoms with Gasteiger partial charge in [0.05, 0.1) is 12.8 Å². The molecule has 0 saturated heterocycles. The van der Waals surface area contributed by atoms with Gasteiger partial charge in [0.15, 0.2) is 0 Å². The Morgan fingerprint density at radius 1 is 1.21 bits per heavy atom. The molecule has 0 bridgehead atoms. The minimum Gasteiger partial charge on any atom is -0.467 e. The predicted octanol–water partition coefficient (Wildman–Crippen LogP) is 3.36. The lowest BCUT2D eigenvalue weighted by Crippen LogP contribution is -2.31. The molecule has 3 nitrogen and oxygen atoms in total. The molecule has 0 saturated carbocycles. The third-order valence-corrected chi connectivity index (χ3v) is 3.24. The quantitative estimate of drug-likeness (QED) is 0.785. The van der Waals surface area contributed by atoms with E-state index in [0.29, 0.717) is 13.1 Å². The largest absolute Gasteiger partial charge is 0.467 e. The molecule has 1 amide bonds. The summed E-state index contributed by atoms with van der Waals surface area (Å²) >= 11 is 5.67. The summed E-state index contributed by atoms with van der Waals surface area (Å²) < 4.78 is 5.29. The van der Waals surface area contributed by atoms with Gasteiger partial charge in [0.2, 0.25) is 5.91 Å². The zero-order valence-electron chi connectivity index (χ0n) is 10.8. The SMILES string of the molecule is Cc1ccccc1CN(Cc1ccco1)C(=O)CCl. The van der Waals surface area contributed by atoms with E-state index in [1.54, 1.807) is 11.2 Å². The molecule has 0 aliphatic carbocycles. The van der Waals surface area contributed by atoms with Gasteiger partial charge in [-0.05, 0) is 30.2 Å². The molecule has 1 aromatic carbocycles. The van der Waals surface area contributed by atoms with Crippen LogP contribution in [0.3, 0.4) is 0 Å². The lowest BCUT2D eigenvalue weighted by atomic mass is 10.1. The van der Waals surface area contributed by atoms with Gasteiger partial charge in [-0.25, -0.2) is 0 Å². The fourth-order valence-corrected chi connectivity index (χ4v) is 2.07. The normalized spacial score (nSPS) is 10.4. The Labute approximate surface area is 117 Å². The maximum atomic E-state index is 11.9. The highest BCUT2D eigenvalue weighted by molar-refractivity contribution is 6.27. The summed E-state index contributed by atoms with van der Waals surface area (Å²) in [6.07, 6.45) is 1.60. The number of carbonyl (C=O) groups excluding carboxylic acids is 1. The molecular formula is C15H16ClNO2. The van der Waals surface area contributed by atoms with E-state index < -0.39 is 0 Å².